The first-order chi connectivity index (χ1) is 8.76. The van der Waals surface area contributed by atoms with Gasteiger partial charge in [0, 0.05) is 12.7 Å². The van der Waals surface area contributed by atoms with Crippen LogP contribution in [0.3, 0.4) is 0 Å². The van der Waals surface area contributed by atoms with Crippen molar-refractivity contribution in [2.45, 2.75) is 6.23 Å². The molecule has 0 radical (unpaired) electrons. The third kappa shape index (κ3) is 6.97. The highest BCUT2D eigenvalue weighted by Gasteiger charge is 2.03. The van der Waals surface area contributed by atoms with Gasteiger partial charge in [-0.1, -0.05) is 12.1 Å². The van der Waals surface area contributed by atoms with E-state index in [2.05, 4.69) is 0 Å². The van der Waals surface area contributed by atoms with E-state index in [1.807, 2.05) is 0 Å². The molecule has 0 aliphatic carbocycles. The topological polar surface area (TPSA) is 102 Å². The smallest absolute Gasteiger partial charge is 0.150 e. The van der Waals surface area contributed by atoms with E-state index in [-0.39, 0.29) is 19.8 Å². The quantitative estimate of drug-likeness (QED) is 0.461. The summed E-state index contributed by atoms with van der Waals surface area (Å²) in [5.74, 6) is 0.563. The van der Waals surface area contributed by atoms with Crippen LogP contribution in [0.2, 0.25) is 0 Å². The van der Waals surface area contributed by atoms with E-state index in [0.29, 0.717) is 11.3 Å². The van der Waals surface area contributed by atoms with Gasteiger partial charge in [0.25, 0.3) is 0 Å². The number of carbonyl (C=O) groups excluding carboxylic acids is 1. The second kappa shape index (κ2) is 10.7. The van der Waals surface area contributed by atoms with Crippen molar-refractivity contribution >= 4 is 6.29 Å². The molecule has 1 aromatic carbocycles. The number of aldehydes is 1. The van der Waals surface area contributed by atoms with Gasteiger partial charge in [-0.05, 0) is 12.1 Å². The lowest BCUT2D eigenvalue weighted by Gasteiger charge is -2.13. The van der Waals surface area contributed by atoms with E-state index in [1.165, 1.54) is 0 Å². The monoisotopic (exact) mass is 257 g/mol. The highest BCUT2D eigenvalue weighted by atomic mass is 16.5. The Kier molecular flexibility index (Phi) is 9.80. The molecule has 6 nitrogen and oxygen atoms in total. The summed E-state index contributed by atoms with van der Waals surface area (Å²) in [7, 11) is 1.00. The SMILES string of the molecule is CO.NC(COc1cccc(C=O)c1)OCCO. The van der Waals surface area contributed by atoms with Crippen LogP contribution in [0, 0.1) is 0 Å². The number of hydrogen-bond donors (Lipinski definition) is 3. The zero-order valence-electron chi connectivity index (χ0n) is 10.3. The molecule has 18 heavy (non-hydrogen) atoms. The van der Waals surface area contributed by atoms with E-state index in [0.717, 1.165) is 13.4 Å². The summed E-state index contributed by atoms with van der Waals surface area (Å²) in [5.41, 5.74) is 6.09. The fraction of sp³-hybridized carbons (Fsp3) is 0.417. The highest BCUT2D eigenvalue weighted by Crippen LogP contribution is 2.11. The van der Waals surface area contributed by atoms with Crippen molar-refractivity contribution < 1.29 is 24.5 Å². The molecule has 0 aromatic heterocycles. The van der Waals surface area contributed by atoms with E-state index < -0.39 is 6.23 Å². The Bertz CT molecular complexity index is 332. The second-order valence-electron chi connectivity index (χ2n) is 3.13. The van der Waals surface area contributed by atoms with Crippen molar-refractivity contribution in [1.29, 1.82) is 0 Å². The Hall–Kier alpha value is -1.47. The molecule has 6 heteroatoms. The maximum atomic E-state index is 10.5. The molecule has 0 fully saturated rings. The van der Waals surface area contributed by atoms with Crippen molar-refractivity contribution in [3.8, 4) is 5.75 Å². The van der Waals surface area contributed by atoms with Crippen LogP contribution in [0.15, 0.2) is 24.3 Å². The van der Waals surface area contributed by atoms with Gasteiger partial charge in [-0.25, -0.2) is 0 Å². The molecule has 102 valence electrons. The van der Waals surface area contributed by atoms with Gasteiger partial charge >= 0.3 is 0 Å². The first kappa shape index (κ1) is 16.5. The van der Waals surface area contributed by atoms with E-state index in [4.69, 9.17) is 25.4 Å². The predicted molar refractivity (Wildman–Crippen MR) is 66.5 cm³/mol. The van der Waals surface area contributed by atoms with Crippen LogP contribution in [0.1, 0.15) is 10.4 Å². The van der Waals surface area contributed by atoms with Crippen molar-refractivity contribution in [1.82, 2.24) is 0 Å². The number of aliphatic hydroxyl groups is 2. The molecular weight excluding hydrogens is 238 g/mol. The normalized spacial score (nSPS) is 11.1. The van der Waals surface area contributed by atoms with E-state index >= 15 is 0 Å². The lowest BCUT2D eigenvalue weighted by molar-refractivity contribution is 0.00642. The molecule has 0 bridgehead atoms. The van der Waals surface area contributed by atoms with Crippen LogP contribution in [0.25, 0.3) is 0 Å². The predicted octanol–water partition coefficient (Wildman–Crippen LogP) is -0.220. The van der Waals surface area contributed by atoms with Gasteiger partial charge in [-0.3, -0.25) is 4.79 Å². The standard InChI is InChI=1S/C11H15NO4.CH4O/c12-11(15-5-4-13)8-16-10-3-1-2-9(6-10)7-14;1-2/h1-3,6-7,11,13H,4-5,8,12H2;2H,1H3. The number of nitrogens with two attached hydrogens (primary N) is 1. The Morgan fingerprint density at radius 3 is 2.78 bits per heavy atom. The number of carbonyl (C=O) groups is 1. The van der Waals surface area contributed by atoms with Crippen LogP contribution < -0.4 is 10.5 Å². The number of benzene rings is 1. The van der Waals surface area contributed by atoms with E-state index in [1.54, 1.807) is 24.3 Å². The molecule has 0 aliphatic rings. The molecule has 1 atom stereocenters. The molecule has 4 N–H and O–H groups in total. The molecule has 0 aliphatic heterocycles. The largest absolute Gasteiger partial charge is 0.489 e. The molecule has 0 heterocycles. The van der Waals surface area contributed by atoms with Crippen LogP contribution in [-0.4, -0.2) is 49.7 Å². The zero-order valence-corrected chi connectivity index (χ0v) is 10.3. The third-order valence-corrected chi connectivity index (χ3v) is 1.83. The first-order valence-corrected chi connectivity index (χ1v) is 5.37. The summed E-state index contributed by atoms with van der Waals surface area (Å²) in [6.45, 7) is 0.273. The van der Waals surface area contributed by atoms with Gasteiger partial charge in [0.15, 0.2) is 0 Å². The van der Waals surface area contributed by atoms with Crippen LogP contribution in [0.4, 0.5) is 0 Å². The van der Waals surface area contributed by atoms with Crippen LogP contribution in [0.5, 0.6) is 5.75 Å². The van der Waals surface area contributed by atoms with Gasteiger partial charge < -0.3 is 25.4 Å². The third-order valence-electron chi connectivity index (χ3n) is 1.83. The lowest BCUT2D eigenvalue weighted by Crippen LogP contribution is -2.31. The molecule has 0 saturated heterocycles. The van der Waals surface area contributed by atoms with Crippen molar-refractivity contribution in [2.24, 2.45) is 5.73 Å². The highest BCUT2D eigenvalue weighted by molar-refractivity contribution is 5.75. The maximum Gasteiger partial charge on any atom is 0.150 e. The molecule has 0 amide bonds. The minimum Gasteiger partial charge on any atom is -0.489 e. The van der Waals surface area contributed by atoms with Gasteiger partial charge in [0.1, 0.15) is 24.9 Å². The Balaban J connectivity index is 0.00000137. The Labute approximate surface area is 106 Å². The van der Waals surface area contributed by atoms with Crippen molar-refractivity contribution in [3.05, 3.63) is 29.8 Å². The molecular formula is C12H19NO5. The summed E-state index contributed by atoms with van der Waals surface area (Å²) >= 11 is 0. The molecule has 1 rings (SSSR count). The summed E-state index contributed by atoms with van der Waals surface area (Å²) in [6, 6.07) is 6.75. The van der Waals surface area contributed by atoms with Crippen molar-refractivity contribution in [2.75, 3.05) is 26.9 Å². The summed E-state index contributed by atoms with van der Waals surface area (Å²) < 4.78 is 10.3. The first-order valence-electron chi connectivity index (χ1n) is 5.37. The maximum absolute atomic E-state index is 10.5. The molecule has 1 aromatic rings. The Morgan fingerprint density at radius 2 is 2.17 bits per heavy atom. The lowest BCUT2D eigenvalue weighted by atomic mass is 10.2. The fourth-order valence-corrected chi connectivity index (χ4v) is 1.11. The van der Waals surface area contributed by atoms with Crippen LogP contribution >= 0.6 is 0 Å². The van der Waals surface area contributed by atoms with E-state index in [9.17, 15) is 4.79 Å². The van der Waals surface area contributed by atoms with Gasteiger partial charge in [-0.2, -0.15) is 0 Å². The number of hydrogen-bond acceptors (Lipinski definition) is 6. The number of rotatable bonds is 7. The minimum atomic E-state index is -0.591. The summed E-state index contributed by atoms with van der Waals surface area (Å²) in [6.07, 6.45) is 0.154. The average Bonchev–Trinajstić information content (AvgIpc) is 2.45. The number of aliphatic hydroxyl groups excluding tert-OH is 2. The summed E-state index contributed by atoms with van der Waals surface area (Å²) in [5, 5.41) is 15.5. The fourth-order valence-electron chi connectivity index (χ4n) is 1.11. The molecule has 0 spiro atoms. The summed E-state index contributed by atoms with van der Waals surface area (Å²) in [4.78, 5) is 10.5. The number of ether oxygens (including phenoxy) is 2. The van der Waals surface area contributed by atoms with Crippen LogP contribution in [-0.2, 0) is 4.74 Å². The van der Waals surface area contributed by atoms with Crippen molar-refractivity contribution in [3.63, 3.8) is 0 Å². The second-order valence-corrected chi connectivity index (χ2v) is 3.13. The van der Waals surface area contributed by atoms with Gasteiger partial charge in [-0.15, -0.1) is 0 Å². The van der Waals surface area contributed by atoms with Gasteiger partial charge in [0.2, 0.25) is 0 Å². The molecule has 0 saturated carbocycles. The zero-order chi connectivity index (χ0) is 13.8. The van der Waals surface area contributed by atoms with Gasteiger partial charge in [0.05, 0.1) is 13.2 Å². The average molecular weight is 257 g/mol. The Morgan fingerprint density at radius 1 is 1.44 bits per heavy atom. The minimum absolute atomic E-state index is 0.0751. The molecule has 1 unspecified atom stereocenters.